The van der Waals surface area contributed by atoms with E-state index in [0.717, 1.165) is 12.5 Å². The minimum atomic E-state index is -1.78. The van der Waals surface area contributed by atoms with Gasteiger partial charge in [-0.15, -0.1) is 0 Å². The smallest absolute Gasteiger partial charge is 0.266 e. The Kier molecular flexibility index (Phi) is 4.78. The summed E-state index contributed by atoms with van der Waals surface area (Å²) in [7, 11) is 0. The fourth-order valence-corrected chi connectivity index (χ4v) is 2.73. The van der Waals surface area contributed by atoms with Crippen LogP contribution in [-0.2, 0) is 0 Å². The maximum absolute atomic E-state index is 12.6. The molecule has 1 unspecified atom stereocenters. The molecule has 0 radical (unpaired) electrons. The summed E-state index contributed by atoms with van der Waals surface area (Å²) in [4.78, 5) is 12.6. The van der Waals surface area contributed by atoms with Gasteiger partial charge < -0.3 is 5.32 Å². The average Bonchev–Trinajstić information content (AvgIpc) is 2.89. The first-order valence-electron chi connectivity index (χ1n) is 6.21. The highest BCUT2D eigenvalue weighted by molar-refractivity contribution is 6.42. The minimum Gasteiger partial charge on any atom is -0.304 e. The summed E-state index contributed by atoms with van der Waals surface area (Å²) in [6.45, 7) is 0.634. The first-order chi connectivity index (χ1) is 9.44. The van der Waals surface area contributed by atoms with E-state index in [2.05, 4.69) is 5.32 Å². The van der Waals surface area contributed by atoms with Crippen molar-refractivity contribution in [3.05, 3.63) is 46.0 Å². The quantitative estimate of drug-likeness (QED) is 0.830. The molecule has 1 aliphatic rings. The Bertz CT molecular complexity index is 550. The second kappa shape index (κ2) is 6.20. The van der Waals surface area contributed by atoms with Crippen LogP contribution in [0.4, 0.5) is 8.78 Å². The average molecular weight is 320 g/mol. The van der Waals surface area contributed by atoms with Gasteiger partial charge in [0.1, 0.15) is 0 Å². The number of benzene rings is 1. The maximum Gasteiger partial charge on any atom is 0.266 e. The van der Waals surface area contributed by atoms with Gasteiger partial charge in [-0.2, -0.15) is 8.78 Å². The topological polar surface area (TPSA) is 29.1 Å². The van der Waals surface area contributed by atoms with Gasteiger partial charge in [-0.05, 0) is 50.1 Å². The number of rotatable bonds is 4. The largest absolute Gasteiger partial charge is 0.304 e. The molecule has 1 aromatic rings. The predicted octanol–water partition coefficient (Wildman–Crippen LogP) is 4.47. The number of nitrogens with one attached hydrogen (secondary N) is 1. The number of carbonyl (C=O) groups excluding carboxylic acids is 1. The van der Waals surface area contributed by atoms with Gasteiger partial charge in [-0.25, -0.2) is 0 Å². The van der Waals surface area contributed by atoms with Gasteiger partial charge in [0.25, 0.3) is 6.08 Å². The van der Waals surface area contributed by atoms with Crippen molar-refractivity contribution >= 4 is 29.0 Å². The van der Waals surface area contributed by atoms with Gasteiger partial charge in [-0.3, -0.25) is 4.79 Å². The van der Waals surface area contributed by atoms with Crippen LogP contribution in [0.1, 0.15) is 29.6 Å². The van der Waals surface area contributed by atoms with Gasteiger partial charge >= 0.3 is 0 Å². The van der Waals surface area contributed by atoms with Crippen LogP contribution in [0.15, 0.2) is 30.4 Å². The van der Waals surface area contributed by atoms with Crippen LogP contribution in [0, 0.1) is 0 Å². The minimum absolute atomic E-state index is 0.0333. The molecule has 2 nitrogen and oxygen atoms in total. The third-order valence-electron chi connectivity index (χ3n) is 3.46. The van der Waals surface area contributed by atoms with E-state index in [1.165, 1.54) is 12.1 Å². The molecule has 108 valence electrons. The third kappa shape index (κ3) is 3.19. The molecule has 20 heavy (non-hydrogen) atoms. The lowest BCUT2D eigenvalue weighted by Gasteiger charge is -2.26. The second-order valence-corrected chi connectivity index (χ2v) is 5.58. The summed E-state index contributed by atoms with van der Waals surface area (Å²) in [6, 6.07) is 4.57. The highest BCUT2D eigenvalue weighted by Crippen LogP contribution is 2.31. The number of halogens is 4. The van der Waals surface area contributed by atoms with Crippen LogP contribution in [0.25, 0.3) is 0 Å². The Balaban J connectivity index is 2.31. The summed E-state index contributed by atoms with van der Waals surface area (Å²) in [6.07, 6.45) is 0.271. The van der Waals surface area contributed by atoms with E-state index >= 15 is 0 Å². The predicted molar refractivity (Wildman–Crippen MR) is 75.7 cm³/mol. The summed E-state index contributed by atoms with van der Waals surface area (Å²) in [5.41, 5.74) is -0.595. The van der Waals surface area contributed by atoms with E-state index in [4.69, 9.17) is 23.2 Å². The van der Waals surface area contributed by atoms with Gasteiger partial charge in [0.15, 0.2) is 5.78 Å². The van der Waals surface area contributed by atoms with E-state index in [-0.39, 0.29) is 17.2 Å². The Labute approximate surface area is 125 Å². The van der Waals surface area contributed by atoms with Crippen LogP contribution in [0.3, 0.4) is 0 Å². The maximum atomic E-state index is 12.6. The van der Waals surface area contributed by atoms with Gasteiger partial charge in [0.05, 0.1) is 15.6 Å². The lowest BCUT2D eigenvalue weighted by molar-refractivity contribution is 0.0869. The van der Waals surface area contributed by atoms with E-state index < -0.39 is 11.6 Å². The van der Waals surface area contributed by atoms with Crippen LogP contribution in [0.5, 0.6) is 0 Å². The summed E-state index contributed by atoms with van der Waals surface area (Å²) >= 11 is 11.7. The van der Waals surface area contributed by atoms with E-state index in [0.29, 0.717) is 23.6 Å². The van der Waals surface area contributed by atoms with Crippen LogP contribution in [0.2, 0.25) is 10.0 Å². The molecule has 0 aliphatic carbocycles. The number of hydrogen-bond donors (Lipinski definition) is 1. The number of carbonyl (C=O) groups is 1. The molecule has 1 fully saturated rings. The van der Waals surface area contributed by atoms with Gasteiger partial charge in [0, 0.05) is 5.56 Å². The number of Topliss-reactive ketones (excluding diaryl/α,β-unsaturated/α-hetero) is 1. The number of ketones is 1. The van der Waals surface area contributed by atoms with Crippen molar-refractivity contribution in [2.24, 2.45) is 0 Å². The molecule has 1 aliphatic heterocycles. The van der Waals surface area contributed by atoms with Crippen LogP contribution in [-0.4, -0.2) is 17.9 Å². The lowest BCUT2D eigenvalue weighted by atomic mass is 9.85. The second-order valence-electron chi connectivity index (χ2n) is 4.77. The summed E-state index contributed by atoms with van der Waals surface area (Å²) in [5, 5.41) is 3.68. The molecule has 0 aromatic heterocycles. The van der Waals surface area contributed by atoms with Crippen molar-refractivity contribution in [3.8, 4) is 0 Å². The Morgan fingerprint density at radius 2 is 2.10 bits per heavy atom. The zero-order chi connectivity index (χ0) is 14.8. The normalized spacial score (nSPS) is 21.8. The summed E-state index contributed by atoms with van der Waals surface area (Å²) < 4.78 is 24.6. The molecule has 2 rings (SSSR count). The Morgan fingerprint density at radius 1 is 1.35 bits per heavy atom. The highest BCUT2D eigenvalue weighted by atomic mass is 35.5. The molecular weight excluding hydrogens is 307 g/mol. The fourth-order valence-electron chi connectivity index (χ4n) is 2.43. The molecule has 1 heterocycles. The first-order valence-corrected chi connectivity index (χ1v) is 6.96. The van der Waals surface area contributed by atoms with Crippen LogP contribution < -0.4 is 5.32 Å². The van der Waals surface area contributed by atoms with E-state index in [1.54, 1.807) is 6.07 Å². The first kappa shape index (κ1) is 15.4. The van der Waals surface area contributed by atoms with Crippen molar-refractivity contribution in [2.45, 2.75) is 24.8 Å². The van der Waals surface area contributed by atoms with E-state index in [9.17, 15) is 13.6 Å². The molecular formula is C14H13Cl2F2NO. The summed E-state index contributed by atoms with van der Waals surface area (Å²) in [5.74, 6) is -0.230. The number of hydrogen-bond acceptors (Lipinski definition) is 2. The third-order valence-corrected chi connectivity index (χ3v) is 4.20. The molecule has 0 saturated carbocycles. The molecule has 1 saturated heterocycles. The highest BCUT2D eigenvalue weighted by Gasteiger charge is 2.40. The van der Waals surface area contributed by atoms with E-state index in [1.807, 2.05) is 0 Å². The van der Waals surface area contributed by atoms with Gasteiger partial charge in [0.2, 0.25) is 0 Å². The Morgan fingerprint density at radius 3 is 2.65 bits per heavy atom. The molecule has 0 amide bonds. The van der Waals surface area contributed by atoms with Crippen molar-refractivity contribution in [1.29, 1.82) is 0 Å². The zero-order valence-corrected chi connectivity index (χ0v) is 12.1. The molecule has 1 atom stereocenters. The monoisotopic (exact) mass is 319 g/mol. The van der Waals surface area contributed by atoms with Crippen molar-refractivity contribution in [2.75, 3.05) is 6.54 Å². The zero-order valence-electron chi connectivity index (χ0n) is 10.6. The van der Waals surface area contributed by atoms with Crippen molar-refractivity contribution < 1.29 is 13.6 Å². The molecule has 1 aromatic carbocycles. The molecule has 6 heteroatoms. The fraction of sp³-hybridized carbons (Fsp3) is 0.357. The van der Waals surface area contributed by atoms with Crippen molar-refractivity contribution in [3.63, 3.8) is 0 Å². The molecule has 0 bridgehead atoms. The molecule has 1 N–H and O–H groups in total. The SMILES string of the molecule is O=C(c1ccc(Cl)c(Cl)c1)C1(CC=C(F)F)CCCN1. The van der Waals surface area contributed by atoms with Gasteiger partial charge in [-0.1, -0.05) is 23.2 Å². The Hall–Kier alpha value is -0.970. The van der Waals surface area contributed by atoms with Crippen LogP contribution >= 0.6 is 23.2 Å². The lowest BCUT2D eigenvalue weighted by Crippen LogP contribution is -2.47. The van der Waals surface area contributed by atoms with Crippen molar-refractivity contribution in [1.82, 2.24) is 5.32 Å². The standard InChI is InChI=1S/C14H13Cl2F2NO/c15-10-3-2-9(8-11(10)16)13(20)14(5-1-7-19-14)6-4-12(17)18/h2-4,8,19H,1,5-7H2. The molecule has 0 spiro atoms.